The maximum atomic E-state index is 13.0. The first-order chi connectivity index (χ1) is 12.9. The summed E-state index contributed by atoms with van der Waals surface area (Å²) in [6, 6.07) is 9.00. The smallest absolute Gasteiger partial charge is 0.261 e. The molecular weight excluding hydrogens is 375 g/mol. The number of carbonyl (C=O) groups excluding carboxylic acids is 1. The average Bonchev–Trinajstić information content (AvgIpc) is 2.69. The zero-order chi connectivity index (χ0) is 19.4. The van der Waals surface area contributed by atoms with Gasteiger partial charge in [0.05, 0.1) is 30.8 Å². The van der Waals surface area contributed by atoms with Crippen molar-refractivity contribution in [1.82, 2.24) is 4.90 Å². The van der Waals surface area contributed by atoms with Crippen LogP contribution < -0.4 is 9.46 Å². The molecule has 0 aliphatic carbocycles. The SMILES string of the molecule is COc1ccc(S(=O)(=O)Nc2ccc(F)cc2)cc1C(=O)N1CCOCC1. The minimum absolute atomic E-state index is 0.0933. The molecule has 1 aliphatic rings. The van der Waals surface area contributed by atoms with Crippen LogP contribution in [0.2, 0.25) is 0 Å². The summed E-state index contributed by atoms with van der Waals surface area (Å²) < 4.78 is 51.1. The van der Waals surface area contributed by atoms with Crippen LogP contribution in [0.3, 0.4) is 0 Å². The predicted molar refractivity (Wildman–Crippen MR) is 96.9 cm³/mol. The Morgan fingerprint density at radius 2 is 1.81 bits per heavy atom. The topological polar surface area (TPSA) is 84.9 Å². The highest BCUT2D eigenvalue weighted by atomic mass is 32.2. The number of halogens is 1. The van der Waals surface area contributed by atoms with E-state index in [1.165, 1.54) is 37.4 Å². The Morgan fingerprint density at radius 1 is 1.15 bits per heavy atom. The maximum Gasteiger partial charge on any atom is 0.261 e. The molecule has 0 spiro atoms. The summed E-state index contributed by atoms with van der Waals surface area (Å²) >= 11 is 0. The van der Waals surface area contributed by atoms with Gasteiger partial charge >= 0.3 is 0 Å². The van der Waals surface area contributed by atoms with E-state index in [2.05, 4.69) is 4.72 Å². The van der Waals surface area contributed by atoms with Crippen molar-refractivity contribution in [3.05, 3.63) is 53.8 Å². The summed E-state index contributed by atoms with van der Waals surface area (Å²) in [5.41, 5.74) is 0.370. The lowest BCUT2D eigenvalue weighted by molar-refractivity contribution is 0.0300. The molecule has 0 aromatic heterocycles. The molecule has 0 saturated carbocycles. The Labute approximate surface area is 156 Å². The predicted octanol–water partition coefficient (Wildman–Crippen LogP) is 2.11. The fraction of sp³-hybridized carbons (Fsp3) is 0.278. The molecule has 1 saturated heterocycles. The summed E-state index contributed by atoms with van der Waals surface area (Å²) in [5.74, 6) is -0.512. The van der Waals surface area contributed by atoms with Gasteiger partial charge in [-0.1, -0.05) is 0 Å². The first-order valence-electron chi connectivity index (χ1n) is 8.24. The Kier molecular flexibility index (Phi) is 5.62. The van der Waals surface area contributed by atoms with Gasteiger partial charge in [-0.3, -0.25) is 9.52 Å². The molecule has 9 heteroatoms. The van der Waals surface area contributed by atoms with Crippen LogP contribution in [0.25, 0.3) is 0 Å². The summed E-state index contributed by atoms with van der Waals surface area (Å²) in [6.07, 6.45) is 0. The molecule has 1 fully saturated rings. The Morgan fingerprint density at radius 3 is 2.44 bits per heavy atom. The van der Waals surface area contributed by atoms with Gasteiger partial charge < -0.3 is 14.4 Å². The van der Waals surface area contributed by atoms with Gasteiger partial charge in [0.15, 0.2) is 0 Å². The molecule has 27 heavy (non-hydrogen) atoms. The van der Waals surface area contributed by atoms with Crippen LogP contribution in [-0.2, 0) is 14.8 Å². The minimum atomic E-state index is -3.96. The van der Waals surface area contributed by atoms with Crippen LogP contribution in [0.5, 0.6) is 5.75 Å². The van der Waals surface area contributed by atoms with Gasteiger partial charge in [-0.15, -0.1) is 0 Å². The van der Waals surface area contributed by atoms with Gasteiger partial charge in [-0.25, -0.2) is 12.8 Å². The lowest BCUT2D eigenvalue weighted by Gasteiger charge is -2.27. The normalized spacial score (nSPS) is 14.7. The van der Waals surface area contributed by atoms with Crippen LogP contribution in [0.1, 0.15) is 10.4 Å². The van der Waals surface area contributed by atoms with Crippen molar-refractivity contribution in [2.24, 2.45) is 0 Å². The molecule has 1 aliphatic heterocycles. The zero-order valence-corrected chi connectivity index (χ0v) is 15.5. The van der Waals surface area contributed by atoms with Crippen molar-refractivity contribution in [3.63, 3.8) is 0 Å². The third-order valence-electron chi connectivity index (χ3n) is 4.11. The second-order valence-electron chi connectivity index (χ2n) is 5.88. The molecule has 0 atom stereocenters. The largest absolute Gasteiger partial charge is 0.496 e. The number of ether oxygens (including phenoxy) is 2. The van der Waals surface area contributed by atoms with E-state index in [1.54, 1.807) is 4.90 Å². The standard InChI is InChI=1S/C18H19FN2O5S/c1-25-17-7-6-15(12-16(17)18(22)21-8-10-26-11-9-21)27(23,24)20-14-4-2-13(19)3-5-14/h2-7,12,20H,8-11H2,1H3. The van der Waals surface area contributed by atoms with E-state index in [0.717, 1.165) is 12.1 Å². The molecule has 2 aromatic carbocycles. The number of benzene rings is 2. The molecule has 1 heterocycles. The number of sulfonamides is 1. The Balaban J connectivity index is 1.91. The van der Waals surface area contributed by atoms with Crippen molar-refractivity contribution in [2.45, 2.75) is 4.90 Å². The first-order valence-corrected chi connectivity index (χ1v) is 9.72. The van der Waals surface area contributed by atoms with E-state index in [4.69, 9.17) is 9.47 Å². The molecule has 2 aromatic rings. The summed E-state index contributed by atoms with van der Waals surface area (Å²) in [4.78, 5) is 14.3. The second-order valence-corrected chi connectivity index (χ2v) is 7.56. The van der Waals surface area contributed by atoms with Crippen LogP contribution in [0.4, 0.5) is 10.1 Å². The number of hydrogen-bond donors (Lipinski definition) is 1. The van der Waals surface area contributed by atoms with Gasteiger partial charge in [0.1, 0.15) is 11.6 Å². The van der Waals surface area contributed by atoms with Gasteiger partial charge in [-0.05, 0) is 42.5 Å². The van der Waals surface area contributed by atoms with E-state index >= 15 is 0 Å². The Hall–Kier alpha value is -2.65. The number of anilines is 1. The van der Waals surface area contributed by atoms with E-state index in [9.17, 15) is 17.6 Å². The number of carbonyl (C=O) groups is 1. The van der Waals surface area contributed by atoms with Crippen molar-refractivity contribution in [3.8, 4) is 5.75 Å². The van der Waals surface area contributed by atoms with Crippen LogP contribution in [-0.4, -0.2) is 52.6 Å². The number of methoxy groups -OCH3 is 1. The summed E-state index contributed by atoms with van der Waals surface area (Å²) in [5, 5.41) is 0. The van der Waals surface area contributed by atoms with Crippen molar-refractivity contribution >= 4 is 21.6 Å². The number of hydrogen-bond acceptors (Lipinski definition) is 5. The van der Waals surface area contributed by atoms with E-state index in [1.807, 2.05) is 0 Å². The monoisotopic (exact) mass is 394 g/mol. The number of nitrogens with zero attached hydrogens (tertiary/aromatic N) is 1. The van der Waals surface area contributed by atoms with E-state index in [-0.39, 0.29) is 27.8 Å². The quantitative estimate of drug-likeness (QED) is 0.840. The van der Waals surface area contributed by atoms with E-state index < -0.39 is 15.8 Å². The molecule has 0 bridgehead atoms. The molecule has 0 unspecified atom stereocenters. The van der Waals surface area contributed by atoms with Crippen molar-refractivity contribution in [2.75, 3.05) is 38.1 Å². The Bertz CT molecular complexity index is 925. The van der Waals surface area contributed by atoms with Gasteiger partial charge in [0, 0.05) is 18.8 Å². The van der Waals surface area contributed by atoms with Gasteiger partial charge in [0.25, 0.3) is 15.9 Å². The molecule has 1 amide bonds. The molecular formula is C18H19FN2O5S. The maximum absolute atomic E-state index is 13.0. The lowest BCUT2D eigenvalue weighted by Crippen LogP contribution is -2.40. The number of morpholine rings is 1. The van der Waals surface area contributed by atoms with Crippen molar-refractivity contribution < 1.29 is 27.1 Å². The van der Waals surface area contributed by atoms with E-state index in [0.29, 0.717) is 26.3 Å². The molecule has 1 N–H and O–H groups in total. The number of rotatable bonds is 5. The fourth-order valence-electron chi connectivity index (χ4n) is 2.69. The minimum Gasteiger partial charge on any atom is -0.496 e. The number of nitrogens with one attached hydrogen (secondary N) is 1. The number of amides is 1. The molecule has 144 valence electrons. The second kappa shape index (κ2) is 7.93. The van der Waals surface area contributed by atoms with Gasteiger partial charge in [0.2, 0.25) is 0 Å². The summed E-state index contributed by atoms with van der Waals surface area (Å²) in [6.45, 7) is 1.70. The highest BCUT2D eigenvalue weighted by Crippen LogP contribution is 2.26. The van der Waals surface area contributed by atoms with Gasteiger partial charge in [-0.2, -0.15) is 0 Å². The molecule has 0 radical (unpaired) electrons. The van der Waals surface area contributed by atoms with Crippen LogP contribution in [0.15, 0.2) is 47.4 Å². The lowest BCUT2D eigenvalue weighted by atomic mass is 10.1. The van der Waals surface area contributed by atoms with Crippen LogP contribution in [0, 0.1) is 5.82 Å². The molecule has 3 rings (SSSR count). The highest BCUT2D eigenvalue weighted by molar-refractivity contribution is 7.92. The highest BCUT2D eigenvalue weighted by Gasteiger charge is 2.24. The van der Waals surface area contributed by atoms with Crippen LogP contribution >= 0.6 is 0 Å². The summed E-state index contributed by atoms with van der Waals surface area (Å²) in [7, 11) is -2.55. The molecule has 7 nitrogen and oxygen atoms in total. The third-order valence-corrected chi connectivity index (χ3v) is 5.49. The van der Waals surface area contributed by atoms with Crippen molar-refractivity contribution in [1.29, 1.82) is 0 Å². The third kappa shape index (κ3) is 4.37. The zero-order valence-electron chi connectivity index (χ0n) is 14.6. The first kappa shape index (κ1) is 19.1. The average molecular weight is 394 g/mol. The fourth-order valence-corrected chi connectivity index (χ4v) is 3.77.